The number of imidazole rings is 1. The molecule has 1 unspecified atom stereocenters. The number of likely N-dealkylation sites (tertiary alicyclic amines) is 1. The Balaban J connectivity index is 1.37. The third-order valence-corrected chi connectivity index (χ3v) is 5.25. The van der Waals surface area contributed by atoms with Gasteiger partial charge in [0.15, 0.2) is 0 Å². The normalized spacial score (nSPS) is 22.2. The molecule has 0 aliphatic carbocycles. The van der Waals surface area contributed by atoms with Crippen LogP contribution in [0.4, 0.5) is 9.59 Å². The molecule has 2 aliphatic rings. The first-order valence-corrected chi connectivity index (χ1v) is 9.21. The number of carbonyl (C=O) groups excluding carboxylic acids is 2. The van der Waals surface area contributed by atoms with Crippen LogP contribution in [0.15, 0.2) is 43.0 Å². The number of urea groups is 1. The fourth-order valence-corrected chi connectivity index (χ4v) is 3.75. The summed E-state index contributed by atoms with van der Waals surface area (Å²) in [7, 11) is 0. The zero-order chi connectivity index (χ0) is 18.7. The minimum Gasteiger partial charge on any atom is -0.441 e. The molecule has 8 nitrogen and oxygen atoms in total. The average molecular weight is 369 g/mol. The second-order valence-electron chi connectivity index (χ2n) is 7.02. The van der Waals surface area contributed by atoms with Crippen molar-refractivity contribution in [1.82, 2.24) is 25.1 Å². The van der Waals surface area contributed by atoms with Crippen LogP contribution in [0.2, 0.25) is 0 Å². The van der Waals surface area contributed by atoms with E-state index in [2.05, 4.69) is 15.6 Å². The quantitative estimate of drug-likeness (QED) is 0.867. The van der Waals surface area contributed by atoms with Gasteiger partial charge in [-0.25, -0.2) is 14.6 Å². The van der Waals surface area contributed by atoms with Crippen LogP contribution in [0, 0.1) is 0 Å². The molecule has 0 bridgehead atoms. The molecule has 2 fully saturated rings. The van der Waals surface area contributed by atoms with Crippen LogP contribution in [-0.2, 0) is 11.3 Å². The molecule has 2 N–H and O–H groups in total. The molecule has 0 saturated carbocycles. The monoisotopic (exact) mass is 369 g/mol. The maximum Gasteiger partial charge on any atom is 0.407 e. The molecule has 142 valence electrons. The predicted molar refractivity (Wildman–Crippen MR) is 98.4 cm³/mol. The molecule has 27 heavy (non-hydrogen) atoms. The van der Waals surface area contributed by atoms with Gasteiger partial charge in [0.05, 0.1) is 18.6 Å². The van der Waals surface area contributed by atoms with Crippen molar-refractivity contribution in [2.75, 3.05) is 19.6 Å². The van der Waals surface area contributed by atoms with Crippen molar-refractivity contribution in [3.8, 4) is 5.69 Å². The largest absolute Gasteiger partial charge is 0.441 e. The Morgan fingerprint density at radius 2 is 2.19 bits per heavy atom. The first-order chi connectivity index (χ1) is 13.2. The van der Waals surface area contributed by atoms with Crippen molar-refractivity contribution in [2.24, 2.45) is 0 Å². The van der Waals surface area contributed by atoms with Gasteiger partial charge < -0.3 is 24.8 Å². The van der Waals surface area contributed by atoms with Crippen molar-refractivity contribution in [1.29, 1.82) is 0 Å². The number of alkyl carbamates (subject to hydrolysis) is 1. The number of benzene rings is 1. The maximum absolute atomic E-state index is 12.7. The predicted octanol–water partition coefficient (Wildman–Crippen LogP) is 2.05. The number of hydrogen-bond acceptors (Lipinski definition) is 4. The molecule has 1 spiro atoms. The Labute approximate surface area is 157 Å². The van der Waals surface area contributed by atoms with E-state index in [0.717, 1.165) is 24.1 Å². The summed E-state index contributed by atoms with van der Waals surface area (Å²) in [5.74, 6) is 0. The van der Waals surface area contributed by atoms with E-state index in [1.807, 2.05) is 35.0 Å². The topological polar surface area (TPSA) is 88.5 Å². The molecule has 2 saturated heterocycles. The van der Waals surface area contributed by atoms with Gasteiger partial charge in [-0.2, -0.15) is 0 Å². The number of aromatic nitrogens is 2. The third-order valence-electron chi connectivity index (χ3n) is 5.25. The van der Waals surface area contributed by atoms with Gasteiger partial charge in [0.2, 0.25) is 0 Å². The van der Waals surface area contributed by atoms with Gasteiger partial charge in [-0.1, -0.05) is 18.2 Å². The Kier molecular flexibility index (Phi) is 4.70. The molecular weight excluding hydrogens is 346 g/mol. The zero-order valence-electron chi connectivity index (χ0n) is 15.1. The van der Waals surface area contributed by atoms with Crippen molar-refractivity contribution in [2.45, 2.75) is 31.4 Å². The van der Waals surface area contributed by atoms with Crippen LogP contribution < -0.4 is 10.6 Å². The number of nitrogens with one attached hydrogen (secondary N) is 2. The standard InChI is InChI=1S/C19H23N5O3/c25-17(23-9-3-6-19(7-10-23)13-22-18(26)27-19)21-12-15-4-1-2-5-16(15)24-11-8-20-14-24/h1-2,4-5,8,11,14H,3,6-7,9-10,12-13H2,(H,21,25)(H,22,26). The number of nitrogens with zero attached hydrogens (tertiary/aromatic N) is 3. The summed E-state index contributed by atoms with van der Waals surface area (Å²) in [6.45, 7) is 2.20. The number of carbonyl (C=O) groups is 2. The number of amides is 3. The van der Waals surface area contributed by atoms with Gasteiger partial charge in [-0.05, 0) is 24.5 Å². The lowest BCUT2D eigenvalue weighted by molar-refractivity contribution is 0.0453. The van der Waals surface area contributed by atoms with Crippen LogP contribution in [0.5, 0.6) is 0 Å². The van der Waals surface area contributed by atoms with E-state index in [1.54, 1.807) is 17.4 Å². The van der Waals surface area contributed by atoms with Crippen molar-refractivity contribution >= 4 is 12.1 Å². The SMILES string of the molecule is O=C1NCC2(CCCN(C(=O)NCc3ccccc3-n3ccnc3)CC2)O1. The minimum atomic E-state index is -0.458. The molecule has 1 aromatic carbocycles. The first kappa shape index (κ1) is 17.4. The van der Waals surface area contributed by atoms with E-state index < -0.39 is 5.60 Å². The fraction of sp³-hybridized carbons (Fsp3) is 0.421. The number of para-hydroxylation sites is 1. The molecule has 1 aromatic heterocycles. The van der Waals surface area contributed by atoms with Gasteiger partial charge in [0, 0.05) is 38.4 Å². The maximum atomic E-state index is 12.7. The van der Waals surface area contributed by atoms with Crippen LogP contribution in [0.25, 0.3) is 5.69 Å². The van der Waals surface area contributed by atoms with Gasteiger partial charge in [0.25, 0.3) is 0 Å². The number of ether oxygens (including phenoxy) is 1. The third kappa shape index (κ3) is 3.74. The van der Waals surface area contributed by atoms with Crippen molar-refractivity contribution in [3.63, 3.8) is 0 Å². The summed E-state index contributed by atoms with van der Waals surface area (Å²) < 4.78 is 7.40. The molecule has 3 amide bonds. The van der Waals surface area contributed by atoms with E-state index >= 15 is 0 Å². The first-order valence-electron chi connectivity index (χ1n) is 9.21. The van der Waals surface area contributed by atoms with E-state index in [1.165, 1.54) is 0 Å². The van der Waals surface area contributed by atoms with Crippen molar-refractivity contribution in [3.05, 3.63) is 48.5 Å². The summed E-state index contributed by atoms with van der Waals surface area (Å²) in [6, 6.07) is 7.83. The van der Waals surface area contributed by atoms with Crippen LogP contribution in [-0.4, -0.2) is 51.8 Å². The number of hydrogen-bond donors (Lipinski definition) is 2. The van der Waals surface area contributed by atoms with E-state index in [-0.39, 0.29) is 12.1 Å². The molecule has 0 radical (unpaired) electrons. The van der Waals surface area contributed by atoms with E-state index in [4.69, 9.17) is 4.74 Å². The van der Waals surface area contributed by atoms with Gasteiger partial charge in [0.1, 0.15) is 5.60 Å². The molecule has 3 heterocycles. The van der Waals surface area contributed by atoms with Crippen LogP contribution in [0.3, 0.4) is 0 Å². The second kappa shape index (κ2) is 7.30. The zero-order valence-corrected chi connectivity index (χ0v) is 15.1. The Bertz CT molecular complexity index is 823. The summed E-state index contributed by atoms with van der Waals surface area (Å²) in [4.78, 5) is 30.0. The lowest BCUT2D eigenvalue weighted by atomic mass is 9.95. The summed E-state index contributed by atoms with van der Waals surface area (Å²) in [5, 5.41) is 5.75. The molecular formula is C19H23N5O3. The number of rotatable bonds is 3. The summed E-state index contributed by atoms with van der Waals surface area (Å²) in [6.07, 6.45) is 7.24. The van der Waals surface area contributed by atoms with Gasteiger partial charge in [-0.3, -0.25) is 0 Å². The van der Waals surface area contributed by atoms with Gasteiger partial charge >= 0.3 is 12.1 Å². The Morgan fingerprint density at radius 1 is 1.30 bits per heavy atom. The summed E-state index contributed by atoms with van der Waals surface area (Å²) in [5.41, 5.74) is 1.55. The van der Waals surface area contributed by atoms with E-state index in [9.17, 15) is 9.59 Å². The lowest BCUT2D eigenvalue weighted by Crippen LogP contribution is -2.41. The molecule has 2 aliphatic heterocycles. The highest BCUT2D eigenvalue weighted by Gasteiger charge is 2.41. The molecule has 8 heteroatoms. The summed E-state index contributed by atoms with van der Waals surface area (Å²) >= 11 is 0. The second-order valence-corrected chi connectivity index (χ2v) is 7.02. The minimum absolute atomic E-state index is 0.0928. The molecule has 4 rings (SSSR count). The van der Waals surface area contributed by atoms with Crippen LogP contribution >= 0.6 is 0 Å². The smallest absolute Gasteiger partial charge is 0.407 e. The highest BCUT2D eigenvalue weighted by Crippen LogP contribution is 2.29. The average Bonchev–Trinajstić information content (AvgIpc) is 3.28. The Morgan fingerprint density at radius 3 is 2.96 bits per heavy atom. The van der Waals surface area contributed by atoms with E-state index in [0.29, 0.717) is 32.6 Å². The lowest BCUT2D eigenvalue weighted by Gasteiger charge is -2.25. The van der Waals surface area contributed by atoms with Crippen molar-refractivity contribution < 1.29 is 14.3 Å². The molecule has 2 aromatic rings. The Hall–Kier alpha value is -3.03. The highest BCUT2D eigenvalue weighted by molar-refractivity contribution is 5.74. The highest BCUT2D eigenvalue weighted by atomic mass is 16.6. The molecule has 1 atom stereocenters. The fourth-order valence-electron chi connectivity index (χ4n) is 3.75. The van der Waals surface area contributed by atoms with Crippen LogP contribution in [0.1, 0.15) is 24.8 Å². The van der Waals surface area contributed by atoms with Gasteiger partial charge in [-0.15, -0.1) is 0 Å².